The van der Waals surface area contributed by atoms with Gasteiger partial charge in [0, 0.05) is 48.8 Å². The van der Waals surface area contributed by atoms with Crippen LogP contribution in [0.2, 0.25) is 0 Å². The lowest BCUT2D eigenvalue weighted by Gasteiger charge is -2.22. The van der Waals surface area contributed by atoms with Crippen LogP contribution in [0, 0.1) is 5.92 Å². The van der Waals surface area contributed by atoms with E-state index in [9.17, 15) is 0 Å². The minimum Gasteiger partial charge on any atom is -0.496 e. The molecule has 0 radical (unpaired) electrons. The Kier molecular flexibility index (Phi) is 9.51. The van der Waals surface area contributed by atoms with Gasteiger partial charge >= 0.3 is 0 Å². The highest BCUT2D eigenvalue weighted by atomic mass is 127. The molecular formula is C18H30BrIN4O. The van der Waals surface area contributed by atoms with E-state index in [1.807, 2.05) is 19.2 Å². The number of nitrogens with one attached hydrogen (secondary N) is 2. The zero-order valence-electron chi connectivity index (χ0n) is 15.7. The summed E-state index contributed by atoms with van der Waals surface area (Å²) in [5.74, 6) is 2.31. The van der Waals surface area contributed by atoms with E-state index in [2.05, 4.69) is 63.3 Å². The van der Waals surface area contributed by atoms with Crippen LogP contribution in [0.4, 0.5) is 0 Å². The van der Waals surface area contributed by atoms with Gasteiger partial charge in [0.2, 0.25) is 0 Å². The summed E-state index contributed by atoms with van der Waals surface area (Å²) in [7, 11) is 3.51. The van der Waals surface area contributed by atoms with Crippen LogP contribution in [0.3, 0.4) is 0 Å². The summed E-state index contributed by atoms with van der Waals surface area (Å²) in [5, 5.41) is 6.97. The van der Waals surface area contributed by atoms with E-state index < -0.39 is 0 Å². The topological polar surface area (TPSA) is 48.9 Å². The molecule has 0 spiro atoms. The van der Waals surface area contributed by atoms with Crippen molar-refractivity contribution in [3.63, 3.8) is 0 Å². The fourth-order valence-corrected chi connectivity index (χ4v) is 3.46. The van der Waals surface area contributed by atoms with Crippen LogP contribution in [0.15, 0.2) is 27.7 Å². The highest BCUT2D eigenvalue weighted by Crippen LogP contribution is 2.23. The number of rotatable bonds is 5. The van der Waals surface area contributed by atoms with E-state index in [0.717, 1.165) is 34.8 Å². The van der Waals surface area contributed by atoms with Crippen molar-refractivity contribution in [3.8, 4) is 5.75 Å². The Balaban J connectivity index is 0.00000312. The molecule has 1 aromatic carbocycles. The molecule has 1 saturated heterocycles. The number of nitrogens with zero attached hydrogens (tertiary/aromatic N) is 2. The SMILES string of the molecule is CN=C(NCc1cc(Br)ccc1OC)NC1CN(C(C)C)CC1C.I. The molecule has 1 heterocycles. The summed E-state index contributed by atoms with van der Waals surface area (Å²) in [6.45, 7) is 9.65. The Bertz CT molecular complexity index is 582. The summed E-state index contributed by atoms with van der Waals surface area (Å²) >= 11 is 3.51. The van der Waals surface area contributed by atoms with E-state index in [1.165, 1.54) is 0 Å². The van der Waals surface area contributed by atoms with E-state index in [0.29, 0.717) is 24.5 Å². The van der Waals surface area contributed by atoms with Crippen molar-refractivity contribution < 1.29 is 4.74 Å². The van der Waals surface area contributed by atoms with Crippen LogP contribution >= 0.6 is 39.9 Å². The molecule has 1 aromatic rings. The van der Waals surface area contributed by atoms with Crippen LogP contribution in [-0.2, 0) is 6.54 Å². The normalized spacial score (nSPS) is 21.2. The van der Waals surface area contributed by atoms with Gasteiger partial charge in [-0.2, -0.15) is 0 Å². The van der Waals surface area contributed by atoms with Crippen molar-refractivity contribution in [2.24, 2.45) is 10.9 Å². The summed E-state index contributed by atoms with van der Waals surface area (Å²) in [6.07, 6.45) is 0. The molecule has 0 aliphatic carbocycles. The van der Waals surface area contributed by atoms with Gasteiger partial charge in [0.25, 0.3) is 0 Å². The Hall–Kier alpha value is -0.540. The minimum atomic E-state index is 0. The summed E-state index contributed by atoms with van der Waals surface area (Å²) < 4.78 is 6.47. The molecule has 0 aromatic heterocycles. The van der Waals surface area contributed by atoms with Crippen molar-refractivity contribution >= 4 is 45.9 Å². The predicted molar refractivity (Wildman–Crippen MR) is 119 cm³/mol. The third-order valence-electron chi connectivity index (χ3n) is 4.61. The molecule has 2 unspecified atom stereocenters. The van der Waals surface area contributed by atoms with Gasteiger partial charge in [-0.15, -0.1) is 24.0 Å². The lowest BCUT2D eigenvalue weighted by Crippen LogP contribution is -2.46. The maximum atomic E-state index is 5.43. The van der Waals surface area contributed by atoms with Crippen molar-refractivity contribution in [2.75, 3.05) is 27.2 Å². The van der Waals surface area contributed by atoms with Crippen molar-refractivity contribution in [1.29, 1.82) is 0 Å². The van der Waals surface area contributed by atoms with Crippen molar-refractivity contribution in [2.45, 2.75) is 39.4 Å². The van der Waals surface area contributed by atoms with Gasteiger partial charge in [0.15, 0.2) is 5.96 Å². The second-order valence-electron chi connectivity index (χ2n) is 6.66. The van der Waals surface area contributed by atoms with Crippen LogP contribution in [-0.4, -0.2) is 50.2 Å². The first-order valence-electron chi connectivity index (χ1n) is 8.48. The molecule has 1 aliphatic heterocycles. The molecule has 2 rings (SSSR count). The summed E-state index contributed by atoms with van der Waals surface area (Å²) in [6, 6.07) is 7.02. The number of hydrogen-bond acceptors (Lipinski definition) is 3. The third kappa shape index (κ3) is 6.29. The zero-order valence-corrected chi connectivity index (χ0v) is 19.6. The van der Waals surface area contributed by atoms with Gasteiger partial charge in [-0.05, 0) is 38.0 Å². The Morgan fingerprint density at radius 3 is 2.68 bits per heavy atom. The standard InChI is InChI=1S/C18H29BrN4O.HI/c1-12(2)23-10-13(3)16(11-23)22-18(20-4)21-9-14-8-15(19)6-7-17(14)24-5;/h6-8,12-13,16H,9-11H2,1-5H3,(H2,20,21,22);1H. The van der Waals surface area contributed by atoms with Crippen LogP contribution < -0.4 is 15.4 Å². The molecule has 5 nitrogen and oxygen atoms in total. The number of aliphatic imine (C=N–C) groups is 1. The van der Waals surface area contributed by atoms with E-state index in [-0.39, 0.29) is 24.0 Å². The summed E-state index contributed by atoms with van der Waals surface area (Å²) in [5.41, 5.74) is 1.10. The number of halogens is 2. The molecule has 142 valence electrons. The zero-order chi connectivity index (χ0) is 17.7. The molecule has 25 heavy (non-hydrogen) atoms. The number of methoxy groups -OCH3 is 1. The fraction of sp³-hybridized carbons (Fsp3) is 0.611. The number of ether oxygens (including phenoxy) is 1. The smallest absolute Gasteiger partial charge is 0.191 e. The first-order chi connectivity index (χ1) is 11.4. The van der Waals surface area contributed by atoms with Gasteiger partial charge in [-0.25, -0.2) is 0 Å². The van der Waals surface area contributed by atoms with E-state index in [4.69, 9.17) is 4.74 Å². The molecule has 2 atom stereocenters. The van der Waals surface area contributed by atoms with Crippen LogP contribution in [0.5, 0.6) is 5.75 Å². The lowest BCUT2D eigenvalue weighted by atomic mass is 10.1. The van der Waals surface area contributed by atoms with Gasteiger partial charge in [0.1, 0.15) is 5.75 Å². The highest BCUT2D eigenvalue weighted by Gasteiger charge is 2.31. The summed E-state index contributed by atoms with van der Waals surface area (Å²) in [4.78, 5) is 6.88. The second kappa shape index (κ2) is 10.6. The largest absolute Gasteiger partial charge is 0.496 e. The van der Waals surface area contributed by atoms with Crippen molar-refractivity contribution in [3.05, 3.63) is 28.2 Å². The molecule has 0 bridgehead atoms. The maximum Gasteiger partial charge on any atom is 0.191 e. The monoisotopic (exact) mass is 524 g/mol. The maximum absolute atomic E-state index is 5.43. The van der Waals surface area contributed by atoms with Gasteiger partial charge in [-0.1, -0.05) is 22.9 Å². The number of benzene rings is 1. The molecular weight excluding hydrogens is 495 g/mol. The molecule has 2 N–H and O–H groups in total. The van der Waals surface area contributed by atoms with Crippen LogP contribution in [0.25, 0.3) is 0 Å². The average molecular weight is 525 g/mol. The third-order valence-corrected chi connectivity index (χ3v) is 5.10. The Morgan fingerprint density at radius 1 is 1.40 bits per heavy atom. The van der Waals surface area contributed by atoms with E-state index >= 15 is 0 Å². The van der Waals surface area contributed by atoms with Crippen molar-refractivity contribution in [1.82, 2.24) is 15.5 Å². The molecule has 1 fully saturated rings. The fourth-order valence-electron chi connectivity index (χ4n) is 3.05. The lowest BCUT2D eigenvalue weighted by molar-refractivity contribution is 0.265. The number of hydrogen-bond donors (Lipinski definition) is 2. The molecule has 7 heteroatoms. The highest BCUT2D eigenvalue weighted by molar-refractivity contribution is 14.0. The Labute approximate surface area is 177 Å². The quantitative estimate of drug-likeness (QED) is 0.352. The molecule has 0 saturated carbocycles. The number of guanidine groups is 1. The van der Waals surface area contributed by atoms with Gasteiger partial charge < -0.3 is 15.4 Å². The molecule has 1 aliphatic rings. The van der Waals surface area contributed by atoms with Gasteiger partial charge in [0.05, 0.1) is 7.11 Å². The average Bonchev–Trinajstić information content (AvgIpc) is 2.92. The van der Waals surface area contributed by atoms with Crippen LogP contribution in [0.1, 0.15) is 26.3 Å². The number of likely N-dealkylation sites (tertiary alicyclic amines) is 1. The first-order valence-corrected chi connectivity index (χ1v) is 9.27. The predicted octanol–water partition coefficient (Wildman–Crippen LogP) is 3.47. The van der Waals surface area contributed by atoms with E-state index in [1.54, 1.807) is 7.11 Å². The first kappa shape index (κ1) is 22.5. The minimum absolute atomic E-state index is 0. The van der Waals surface area contributed by atoms with Gasteiger partial charge in [-0.3, -0.25) is 9.89 Å². The Morgan fingerprint density at radius 2 is 2.12 bits per heavy atom. The second-order valence-corrected chi connectivity index (χ2v) is 7.57. The molecule has 0 amide bonds.